The first-order valence-electron chi connectivity index (χ1n) is 4.04. The molecule has 0 unspecified atom stereocenters. The Kier molecular flexibility index (Phi) is 2.60. The Morgan fingerprint density at radius 1 is 1.38 bits per heavy atom. The highest BCUT2D eigenvalue weighted by molar-refractivity contribution is 7.22. The van der Waals surface area contributed by atoms with Crippen molar-refractivity contribution in [2.75, 3.05) is 5.48 Å². The maximum Gasteiger partial charge on any atom is 0.573 e. The summed E-state index contributed by atoms with van der Waals surface area (Å²) in [5.41, 5.74) is 2.31. The molecule has 0 fully saturated rings. The molecule has 0 atom stereocenters. The lowest BCUT2D eigenvalue weighted by molar-refractivity contribution is -0.274. The van der Waals surface area contributed by atoms with Gasteiger partial charge in [0.15, 0.2) is 0 Å². The fraction of sp³-hybridized carbons (Fsp3) is 0.125. The van der Waals surface area contributed by atoms with E-state index in [4.69, 9.17) is 5.21 Å². The summed E-state index contributed by atoms with van der Waals surface area (Å²) in [6.07, 6.45) is -4.71. The van der Waals surface area contributed by atoms with E-state index in [1.54, 1.807) is 0 Å². The van der Waals surface area contributed by atoms with Crippen LogP contribution < -0.4 is 10.2 Å². The standard InChI is InChI=1S/C8H5F3N2O2S/c9-8(10,11)15-4-1-2-5-6(3-4)16-7(12-5)13-14/h1-3,14H,(H,12,13)/i7+1,12+1,13+1. The van der Waals surface area contributed by atoms with E-state index >= 15 is 0 Å². The third-order valence-corrected chi connectivity index (χ3v) is 2.61. The second kappa shape index (κ2) is 3.80. The molecule has 4 nitrogen and oxygen atoms in total. The minimum Gasteiger partial charge on any atom is -0.406 e. The van der Waals surface area contributed by atoms with Crippen LogP contribution in [0, 0.1) is 0 Å². The molecule has 0 aliphatic carbocycles. The number of anilines is 1. The number of ether oxygens (including phenoxy) is 1. The molecule has 0 radical (unpaired) electrons. The zero-order valence-electron chi connectivity index (χ0n) is 7.58. The highest BCUT2D eigenvalue weighted by atomic mass is 32.1. The van der Waals surface area contributed by atoms with Crippen LogP contribution in [0.25, 0.3) is 10.2 Å². The average Bonchev–Trinajstić information content (AvgIpc) is 2.57. The molecule has 2 N–H and O–H groups in total. The molecule has 0 saturated carbocycles. The number of nitrogens with one attached hydrogen (secondary N) is 1. The Bertz CT molecular complexity index is 511. The number of nitrogens with zero attached hydrogens (tertiary/aromatic N) is 1. The normalized spacial score (nSPS) is 11.8. The molecule has 2 rings (SSSR count). The van der Waals surface area contributed by atoms with Crippen LogP contribution in [0.5, 0.6) is 5.75 Å². The molecule has 86 valence electrons. The highest BCUT2D eigenvalue weighted by Crippen LogP contribution is 2.31. The van der Waals surface area contributed by atoms with E-state index < -0.39 is 6.36 Å². The maximum atomic E-state index is 11.9. The van der Waals surface area contributed by atoms with Gasteiger partial charge in [-0.2, -0.15) is 0 Å². The molecule has 8 heteroatoms. The molecule has 2 aromatic rings. The van der Waals surface area contributed by atoms with Crippen LogP contribution in [0.2, 0.25) is 0 Å². The van der Waals surface area contributed by atoms with Crippen LogP contribution in [-0.4, -0.2) is 16.6 Å². The largest absolute Gasteiger partial charge is 0.573 e. The number of thiazole rings is 1. The minimum absolute atomic E-state index is 0.208. The lowest BCUT2D eigenvalue weighted by Crippen LogP contribution is -2.16. The van der Waals surface area contributed by atoms with E-state index in [1.165, 1.54) is 12.1 Å². The van der Waals surface area contributed by atoms with Gasteiger partial charge in [0.1, 0.15) is 5.75 Å². The van der Waals surface area contributed by atoms with Crippen LogP contribution in [0.3, 0.4) is 0 Å². The number of alkyl halides is 3. The molecule has 0 saturated heterocycles. The van der Waals surface area contributed by atoms with Crippen LogP contribution in [0.15, 0.2) is 18.2 Å². The van der Waals surface area contributed by atoms with Crippen LogP contribution in [-0.2, 0) is 0 Å². The molecule has 1 aromatic heterocycles. The first-order valence-corrected chi connectivity index (χ1v) is 4.86. The second-order valence-corrected chi connectivity index (χ2v) is 3.84. The Labute approximate surface area is 91.2 Å². The zero-order chi connectivity index (χ0) is 11.8. The predicted octanol–water partition coefficient (Wildman–Crippen LogP) is 3.00. The van der Waals surface area contributed by atoms with Gasteiger partial charge < -0.3 is 4.74 Å². The molecule has 0 aliphatic rings. The average molecular weight is 253 g/mol. The number of hydrogen-bond donors (Lipinski definition) is 2. The first-order chi connectivity index (χ1) is 7.48. The molecule has 0 aliphatic heterocycles. The van der Waals surface area contributed by atoms with Gasteiger partial charge in [-0.05, 0) is 12.1 Å². The monoisotopic (exact) mass is 253 g/mol. The fourth-order valence-electron chi connectivity index (χ4n) is 1.15. The zero-order valence-corrected chi connectivity index (χ0v) is 8.39. The Morgan fingerprint density at radius 3 is 2.75 bits per heavy atom. The summed E-state index contributed by atoms with van der Waals surface area (Å²) in [4.78, 5) is 3.89. The minimum atomic E-state index is -4.71. The quantitative estimate of drug-likeness (QED) is 0.638. The number of halogens is 3. The van der Waals surface area contributed by atoms with Gasteiger partial charge in [0.05, 0.1) is 10.2 Å². The molecule has 0 spiro atoms. The summed E-state index contributed by atoms with van der Waals surface area (Å²) >= 11 is 1.02. The van der Waals surface area contributed by atoms with Gasteiger partial charge in [-0.25, -0.2) is 10.5 Å². The van der Waals surface area contributed by atoms with Crippen LogP contribution in [0.1, 0.15) is 0 Å². The van der Waals surface area contributed by atoms with Crippen LogP contribution >= 0.6 is 11.3 Å². The summed E-state index contributed by atoms with van der Waals surface area (Å²) < 4.78 is 40.0. The molecule has 1 heterocycles. The fourth-order valence-corrected chi connectivity index (χ4v) is 1.94. The molecule has 16 heavy (non-hydrogen) atoms. The smallest absolute Gasteiger partial charge is 0.406 e. The molecular weight excluding hydrogens is 248 g/mol. The Morgan fingerprint density at radius 2 is 2.12 bits per heavy atom. The molecular formula is C8H5F3N2O2S. The number of hydrogen-bond acceptors (Lipinski definition) is 5. The van der Waals surface area contributed by atoms with Crippen molar-refractivity contribution in [2.24, 2.45) is 0 Å². The summed E-state index contributed by atoms with van der Waals surface area (Å²) in [5, 5.41) is 8.79. The summed E-state index contributed by atoms with van der Waals surface area (Å²) in [6.45, 7) is 0. The van der Waals surface area contributed by atoms with Crippen molar-refractivity contribution in [3.63, 3.8) is 0 Å². The van der Waals surface area contributed by atoms with Gasteiger partial charge in [-0.1, -0.05) is 11.3 Å². The van der Waals surface area contributed by atoms with E-state index in [-0.39, 0.29) is 10.9 Å². The third kappa shape index (κ3) is 2.34. The SMILES string of the molecule is O[15NH][13c]1[15n]c2ccc(OC(F)(F)F)cc2s1. The van der Waals surface area contributed by atoms with Crippen molar-refractivity contribution in [1.82, 2.24) is 4.98 Å². The van der Waals surface area contributed by atoms with E-state index in [0.717, 1.165) is 17.4 Å². The van der Waals surface area contributed by atoms with Crippen molar-refractivity contribution in [2.45, 2.75) is 6.36 Å². The van der Waals surface area contributed by atoms with E-state index in [1.807, 2.05) is 5.48 Å². The van der Waals surface area contributed by atoms with E-state index in [0.29, 0.717) is 10.2 Å². The van der Waals surface area contributed by atoms with Gasteiger partial charge in [-0.15, -0.1) is 13.2 Å². The topological polar surface area (TPSA) is 54.4 Å². The van der Waals surface area contributed by atoms with Gasteiger partial charge >= 0.3 is 6.36 Å². The Hall–Kier alpha value is -1.54. The van der Waals surface area contributed by atoms with Gasteiger partial charge in [-0.3, -0.25) is 5.21 Å². The summed E-state index contributed by atoms with van der Waals surface area (Å²) in [7, 11) is 0. The predicted molar refractivity (Wildman–Crippen MR) is 51.7 cm³/mol. The van der Waals surface area contributed by atoms with Gasteiger partial charge in [0.2, 0.25) is 5.13 Å². The molecule has 0 amide bonds. The summed E-state index contributed by atoms with van der Waals surface area (Å²) in [5.74, 6) is -0.312. The second-order valence-electron chi connectivity index (χ2n) is 2.81. The first kappa shape index (κ1) is 11.0. The number of rotatable bonds is 2. The van der Waals surface area contributed by atoms with Crippen molar-refractivity contribution < 1.29 is 23.1 Å². The van der Waals surface area contributed by atoms with Crippen molar-refractivity contribution >= 4 is 26.7 Å². The molecule has 1 aromatic carbocycles. The lowest BCUT2D eigenvalue weighted by atomic mass is 10.3. The van der Waals surface area contributed by atoms with Crippen molar-refractivity contribution in [1.29, 1.82) is 0 Å². The van der Waals surface area contributed by atoms with Crippen molar-refractivity contribution in [3.8, 4) is 5.75 Å². The van der Waals surface area contributed by atoms with Gasteiger partial charge in [0.25, 0.3) is 0 Å². The van der Waals surface area contributed by atoms with Gasteiger partial charge in [0, 0.05) is 6.07 Å². The number of fused-ring (bicyclic) bond motifs is 1. The van der Waals surface area contributed by atoms with Crippen molar-refractivity contribution in [3.05, 3.63) is 18.2 Å². The van der Waals surface area contributed by atoms with E-state index in [2.05, 4.69) is 9.72 Å². The highest BCUT2D eigenvalue weighted by Gasteiger charge is 2.31. The molecule has 0 bridgehead atoms. The van der Waals surface area contributed by atoms with Crippen LogP contribution in [0.4, 0.5) is 18.3 Å². The maximum absolute atomic E-state index is 11.9. The summed E-state index contributed by atoms with van der Waals surface area (Å²) in [6, 6.07) is 3.76. The number of aromatic nitrogens is 1. The van der Waals surface area contributed by atoms with E-state index in [9.17, 15) is 13.2 Å². The lowest BCUT2D eigenvalue weighted by Gasteiger charge is -2.07. The Balaban J connectivity index is 2.36. The third-order valence-electron chi connectivity index (χ3n) is 1.69. The number of benzene rings is 1.